The molecule has 0 spiro atoms. The quantitative estimate of drug-likeness (QED) is 0.356. The average molecular weight is 516 g/mol. The van der Waals surface area contributed by atoms with Crippen LogP contribution in [0.4, 0.5) is 4.39 Å². The fourth-order valence-electron chi connectivity index (χ4n) is 3.67. The highest BCUT2D eigenvalue weighted by Crippen LogP contribution is 2.27. The SMILES string of the molecule is O=C(N/N=C\c1ccc(OCc2ccc(F)cc2)cc1)[C@H]1CCCN1S(=O)(=O)c1ccc(Cl)cc1. The molecule has 0 aliphatic carbocycles. The monoisotopic (exact) mass is 515 g/mol. The molecular formula is C25H23ClFN3O4S. The van der Waals surface area contributed by atoms with Crippen LogP contribution in [0, 0.1) is 5.82 Å². The number of amides is 1. The predicted molar refractivity (Wildman–Crippen MR) is 131 cm³/mol. The van der Waals surface area contributed by atoms with Crippen molar-refractivity contribution < 1.29 is 22.3 Å². The van der Waals surface area contributed by atoms with Crippen LogP contribution in [0.3, 0.4) is 0 Å². The fraction of sp³-hybridized carbons (Fsp3) is 0.200. The van der Waals surface area contributed by atoms with E-state index in [1.54, 1.807) is 36.4 Å². The highest BCUT2D eigenvalue weighted by molar-refractivity contribution is 7.89. The highest BCUT2D eigenvalue weighted by Gasteiger charge is 2.39. The number of nitrogens with one attached hydrogen (secondary N) is 1. The summed E-state index contributed by atoms with van der Waals surface area (Å²) >= 11 is 5.86. The molecule has 10 heteroatoms. The number of halogens is 2. The Morgan fingerprint density at radius 1 is 1.09 bits per heavy atom. The molecule has 0 aromatic heterocycles. The summed E-state index contributed by atoms with van der Waals surface area (Å²) in [6, 6.07) is 18.1. The zero-order chi connectivity index (χ0) is 24.8. The van der Waals surface area contributed by atoms with Crippen LogP contribution in [-0.4, -0.2) is 37.4 Å². The summed E-state index contributed by atoms with van der Waals surface area (Å²) in [7, 11) is -3.83. The Labute approximate surface area is 208 Å². The lowest BCUT2D eigenvalue weighted by atomic mass is 10.2. The molecule has 1 N–H and O–H groups in total. The van der Waals surface area contributed by atoms with Gasteiger partial charge in [0.25, 0.3) is 5.91 Å². The van der Waals surface area contributed by atoms with E-state index in [4.69, 9.17) is 16.3 Å². The number of hydrogen-bond acceptors (Lipinski definition) is 5. The first kappa shape index (κ1) is 24.8. The molecule has 1 amide bonds. The van der Waals surface area contributed by atoms with E-state index >= 15 is 0 Å². The molecule has 182 valence electrons. The maximum absolute atomic E-state index is 13.0. The largest absolute Gasteiger partial charge is 0.489 e. The molecule has 1 heterocycles. The van der Waals surface area contributed by atoms with Gasteiger partial charge in [0.05, 0.1) is 11.1 Å². The van der Waals surface area contributed by atoms with E-state index in [2.05, 4.69) is 10.5 Å². The molecule has 3 aromatic rings. The summed E-state index contributed by atoms with van der Waals surface area (Å²) in [5.41, 5.74) is 4.01. The van der Waals surface area contributed by atoms with Crippen molar-refractivity contribution in [2.45, 2.75) is 30.4 Å². The van der Waals surface area contributed by atoms with E-state index in [-0.39, 0.29) is 17.3 Å². The number of carbonyl (C=O) groups is 1. The Hall–Kier alpha value is -3.27. The van der Waals surface area contributed by atoms with Gasteiger partial charge in [-0.1, -0.05) is 23.7 Å². The molecule has 4 rings (SSSR count). The van der Waals surface area contributed by atoms with Crippen LogP contribution in [0.15, 0.2) is 82.8 Å². The zero-order valence-corrected chi connectivity index (χ0v) is 20.2. The van der Waals surface area contributed by atoms with Crippen molar-refractivity contribution in [2.75, 3.05) is 6.54 Å². The number of ether oxygens (including phenoxy) is 1. The third kappa shape index (κ3) is 6.25. The topological polar surface area (TPSA) is 88.1 Å². The van der Waals surface area contributed by atoms with E-state index in [0.717, 1.165) is 11.1 Å². The Bertz CT molecular complexity index is 1300. The van der Waals surface area contributed by atoms with Crippen molar-refractivity contribution in [3.05, 3.63) is 94.8 Å². The number of nitrogens with zero attached hydrogens (tertiary/aromatic N) is 2. The Kier molecular flexibility index (Phi) is 7.80. The van der Waals surface area contributed by atoms with E-state index in [1.807, 2.05) is 0 Å². The lowest BCUT2D eigenvalue weighted by Crippen LogP contribution is -2.44. The molecule has 1 aliphatic rings. The number of rotatable bonds is 8. The minimum absolute atomic E-state index is 0.0897. The van der Waals surface area contributed by atoms with Crippen molar-refractivity contribution >= 4 is 33.7 Å². The van der Waals surface area contributed by atoms with E-state index < -0.39 is 22.0 Å². The first-order valence-corrected chi connectivity index (χ1v) is 12.7. The highest BCUT2D eigenvalue weighted by atomic mass is 35.5. The van der Waals surface area contributed by atoms with Crippen molar-refractivity contribution in [3.8, 4) is 5.75 Å². The van der Waals surface area contributed by atoms with Crippen molar-refractivity contribution in [3.63, 3.8) is 0 Å². The van der Waals surface area contributed by atoms with E-state index in [0.29, 0.717) is 30.2 Å². The summed E-state index contributed by atoms with van der Waals surface area (Å²) < 4.78 is 45.8. The Morgan fingerprint density at radius 3 is 2.46 bits per heavy atom. The fourth-order valence-corrected chi connectivity index (χ4v) is 5.46. The van der Waals surface area contributed by atoms with Crippen molar-refractivity contribution in [2.24, 2.45) is 5.10 Å². The average Bonchev–Trinajstić information content (AvgIpc) is 3.36. The molecule has 3 aromatic carbocycles. The molecule has 35 heavy (non-hydrogen) atoms. The van der Waals surface area contributed by atoms with Gasteiger partial charge in [-0.3, -0.25) is 4.79 Å². The second kappa shape index (κ2) is 11.0. The van der Waals surface area contributed by atoms with Gasteiger partial charge in [-0.15, -0.1) is 0 Å². The van der Waals surface area contributed by atoms with Gasteiger partial charge in [0, 0.05) is 11.6 Å². The van der Waals surface area contributed by atoms with Gasteiger partial charge in [-0.25, -0.2) is 18.2 Å². The molecule has 0 radical (unpaired) electrons. The van der Waals surface area contributed by atoms with Gasteiger partial charge < -0.3 is 4.74 Å². The minimum Gasteiger partial charge on any atom is -0.489 e. The number of sulfonamides is 1. The maximum Gasteiger partial charge on any atom is 0.258 e. The maximum atomic E-state index is 13.0. The number of benzene rings is 3. The first-order valence-electron chi connectivity index (χ1n) is 10.9. The van der Waals surface area contributed by atoms with Crippen LogP contribution >= 0.6 is 11.6 Å². The molecule has 1 atom stereocenters. The van der Waals surface area contributed by atoms with Crippen LogP contribution in [0.5, 0.6) is 5.75 Å². The summed E-state index contributed by atoms with van der Waals surface area (Å²) in [4.78, 5) is 12.8. The number of carbonyl (C=O) groups excluding carboxylic acids is 1. The van der Waals surface area contributed by atoms with Gasteiger partial charge >= 0.3 is 0 Å². The normalized spacial score (nSPS) is 16.5. The minimum atomic E-state index is -3.83. The summed E-state index contributed by atoms with van der Waals surface area (Å²) in [6.45, 7) is 0.562. The predicted octanol–water partition coefficient (Wildman–Crippen LogP) is 4.36. The molecular weight excluding hydrogens is 493 g/mol. The smallest absolute Gasteiger partial charge is 0.258 e. The van der Waals surface area contributed by atoms with E-state index in [9.17, 15) is 17.6 Å². The summed E-state index contributed by atoms with van der Waals surface area (Å²) in [5, 5.41) is 4.41. The molecule has 0 bridgehead atoms. The molecule has 0 unspecified atom stereocenters. The lowest BCUT2D eigenvalue weighted by molar-refractivity contribution is -0.124. The van der Waals surface area contributed by atoms with Crippen LogP contribution in [-0.2, 0) is 21.4 Å². The van der Waals surface area contributed by atoms with E-state index in [1.165, 1.54) is 46.9 Å². The van der Waals surface area contributed by atoms with Crippen LogP contribution in [0.2, 0.25) is 5.02 Å². The van der Waals surface area contributed by atoms with Crippen LogP contribution in [0.1, 0.15) is 24.0 Å². The number of hydrazone groups is 1. The Morgan fingerprint density at radius 2 is 1.77 bits per heavy atom. The zero-order valence-electron chi connectivity index (χ0n) is 18.6. The molecule has 1 aliphatic heterocycles. The first-order chi connectivity index (χ1) is 16.8. The van der Waals surface area contributed by atoms with Gasteiger partial charge in [0.15, 0.2) is 0 Å². The van der Waals surface area contributed by atoms with Gasteiger partial charge in [0.1, 0.15) is 24.2 Å². The standard InChI is InChI=1S/C25H23ClFN3O4S/c26-20-7-13-23(14-8-20)35(32,33)30-15-1-2-24(30)25(31)29-28-16-18-5-11-22(12-6-18)34-17-19-3-9-21(27)10-4-19/h3-14,16,24H,1-2,15,17H2,(H,29,31)/b28-16-/t24-/m1/s1. The van der Waals surface area contributed by atoms with Crippen molar-refractivity contribution in [1.29, 1.82) is 0 Å². The molecule has 1 saturated heterocycles. The lowest BCUT2D eigenvalue weighted by Gasteiger charge is -2.22. The third-order valence-electron chi connectivity index (χ3n) is 5.51. The second-order valence-corrected chi connectivity index (χ2v) is 10.3. The molecule has 0 saturated carbocycles. The van der Waals surface area contributed by atoms with Gasteiger partial charge in [0.2, 0.25) is 10.0 Å². The van der Waals surface area contributed by atoms with Gasteiger partial charge in [-0.05, 0) is 84.6 Å². The number of hydrogen-bond donors (Lipinski definition) is 1. The second-order valence-electron chi connectivity index (χ2n) is 7.95. The molecule has 7 nitrogen and oxygen atoms in total. The summed E-state index contributed by atoms with van der Waals surface area (Å²) in [5.74, 6) is -0.159. The van der Waals surface area contributed by atoms with Gasteiger partial charge in [-0.2, -0.15) is 9.41 Å². The Balaban J connectivity index is 1.32. The summed E-state index contributed by atoms with van der Waals surface area (Å²) in [6.07, 6.45) is 2.46. The third-order valence-corrected chi connectivity index (χ3v) is 7.69. The van der Waals surface area contributed by atoms with Crippen LogP contribution in [0.25, 0.3) is 0 Å². The van der Waals surface area contributed by atoms with Crippen LogP contribution < -0.4 is 10.2 Å². The molecule has 1 fully saturated rings. The van der Waals surface area contributed by atoms with Crippen molar-refractivity contribution in [1.82, 2.24) is 9.73 Å².